The van der Waals surface area contributed by atoms with Gasteiger partial charge in [-0.25, -0.2) is 18.4 Å². The van der Waals surface area contributed by atoms with E-state index in [1.54, 1.807) is 47.1 Å². The molecule has 0 bridgehead atoms. The number of carbonyl (C=O) groups excluding carboxylic acids is 2. The topological polar surface area (TPSA) is 122 Å². The van der Waals surface area contributed by atoms with E-state index in [1.165, 1.54) is 12.4 Å². The number of thioether (sulfide) groups is 1. The van der Waals surface area contributed by atoms with Crippen molar-refractivity contribution in [3.63, 3.8) is 0 Å². The molecule has 0 saturated heterocycles. The quantitative estimate of drug-likeness (QED) is 0.324. The molecule has 2 heterocycles. The van der Waals surface area contributed by atoms with Crippen LogP contribution in [0.3, 0.4) is 0 Å². The summed E-state index contributed by atoms with van der Waals surface area (Å²) in [7, 11) is -2.49. The summed E-state index contributed by atoms with van der Waals surface area (Å²) < 4.78 is 22.0. The molecule has 1 N–H and O–H groups in total. The van der Waals surface area contributed by atoms with E-state index in [2.05, 4.69) is 22.2 Å². The molecule has 2 atom stereocenters. The summed E-state index contributed by atoms with van der Waals surface area (Å²) >= 11 is 1.55. The van der Waals surface area contributed by atoms with Crippen LogP contribution in [0.2, 0.25) is 0 Å². The first-order valence-corrected chi connectivity index (χ1v) is 13.6. The molecule has 1 aromatic heterocycles. The number of rotatable bonds is 9. The minimum absolute atomic E-state index is 0.00219. The van der Waals surface area contributed by atoms with Crippen molar-refractivity contribution < 1.29 is 18.0 Å². The predicted octanol–water partition coefficient (Wildman–Crippen LogP) is 3.10. The van der Waals surface area contributed by atoms with Crippen molar-refractivity contribution in [3.8, 4) is 0 Å². The number of carbonyl (C=O) groups is 2. The van der Waals surface area contributed by atoms with Crippen molar-refractivity contribution in [1.82, 2.24) is 15.0 Å². The van der Waals surface area contributed by atoms with Crippen molar-refractivity contribution in [2.75, 3.05) is 5.32 Å². The molecule has 0 radical (unpaired) electrons. The Morgan fingerprint density at radius 1 is 1.06 bits per heavy atom. The second-order valence-corrected chi connectivity index (χ2v) is 10.4. The fraction of sp³-hybridized carbons (Fsp3) is 0.240. The first-order valence-electron chi connectivity index (χ1n) is 11.3. The number of anilines is 1. The van der Waals surface area contributed by atoms with E-state index in [4.69, 9.17) is 5.10 Å². The highest BCUT2D eigenvalue weighted by atomic mass is 32.2. The van der Waals surface area contributed by atoms with Crippen molar-refractivity contribution in [2.45, 2.75) is 36.3 Å². The Morgan fingerprint density at radius 3 is 2.33 bits per heavy atom. The van der Waals surface area contributed by atoms with Gasteiger partial charge in [-0.3, -0.25) is 9.80 Å². The van der Waals surface area contributed by atoms with E-state index >= 15 is 0 Å². The number of benzene rings is 2. The molecule has 3 aromatic rings. The van der Waals surface area contributed by atoms with Crippen LogP contribution < -0.4 is 5.32 Å². The summed E-state index contributed by atoms with van der Waals surface area (Å²) in [6, 6.07) is 16.3. The van der Waals surface area contributed by atoms with E-state index < -0.39 is 22.0 Å². The standard InChI is InChI=1S/C25H25N5O4S2/c1-2-21-23(19-8-4-18(5-9-19)16-36(33)34)29-30(22(15-31)35-21)14-17-6-10-20(11-7-17)28-25(32)24-26-12-3-13-27-24/h3-13,15,21-22,36H,2,14,16H2,1H3,(H,28,32). The molecule has 0 aliphatic carbocycles. The van der Waals surface area contributed by atoms with Gasteiger partial charge in [0, 0.05) is 18.1 Å². The van der Waals surface area contributed by atoms with Gasteiger partial charge in [-0.05, 0) is 41.3 Å². The van der Waals surface area contributed by atoms with Gasteiger partial charge in [0.05, 0.1) is 23.3 Å². The highest BCUT2D eigenvalue weighted by Crippen LogP contribution is 2.32. The van der Waals surface area contributed by atoms with Crippen LogP contribution in [-0.4, -0.2) is 51.9 Å². The minimum atomic E-state index is -2.49. The average Bonchev–Trinajstić information content (AvgIpc) is 2.90. The summed E-state index contributed by atoms with van der Waals surface area (Å²) in [6.45, 7) is 2.45. The first-order chi connectivity index (χ1) is 17.5. The fourth-order valence-corrected chi connectivity index (χ4v) is 5.41. The Labute approximate surface area is 215 Å². The molecule has 2 unspecified atom stereocenters. The predicted molar refractivity (Wildman–Crippen MR) is 140 cm³/mol. The number of aldehydes is 1. The molecule has 4 rings (SSSR count). The summed E-state index contributed by atoms with van der Waals surface area (Å²) in [4.78, 5) is 32.0. The maximum Gasteiger partial charge on any atom is 0.293 e. The molecule has 1 aliphatic rings. The number of nitrogens with one attached hydrogen (secondary N) is 1. The molecule has 1 amide bonds. The lowest BCUT2D eigenvalue weighted by Gasteiger charge is -2.34. The molecule has 0 fully saturated rings. The van der Waals surface area contributed by atoms with E-state index in [1.807, 2.05) is 24.3 Å². The molecule has 2 aromatic carbocycles. The third kappa shape index (κ3) is 6.35. The monoisotopic (exact) mass is 523 g/mol. The lowest BCUT2D eigenvalue weighted by atomic mass is 10.0. The zero-order valence-electron chi connectivity index (χ0n) is 19.5. The SMILES string of the molecule is CCC1SC(C=O)N(Cc2ccc(NC(=O)c3ncccn3)cc2)N=C1c1ccc(C[SH](=O)=O)cc1. The second-order valence-electron chi connectivity index (χ2n) is 8.05. The summed E-state index contributed by atoms with van der Waals surface area (Å²) in [5, 5.41) is 8.97. The van der Waals surface area contributed by atoms with E-state index in [-0.39, 0.29) is 16.8 Å². The van der Waals surface area contributed by atoms with Gasteiger partial charge < -0.3 is 10.1 Å². The Morgan fingerprint density at radius 2 is 1.72 bits per heavy atom. The summed E-state index contributed by atoms with van der Waals surface area (Å²) in [5.74, 6) is -0.310. The van der Waals surface area contributed by atoms with Crippen LogP contribution in [0.4, 0.5) is 5.69 Å². The maximum absolute atomic E-state index is 12.3. The Kier molecular flexibility index (Phi) is 8.44. The van der Waals surface area contributed by atoms with Crippen molar-refractivity contribution in [1.29, 1.82) is 0 Å². The van der Waals surface area contributed by atoms with Crippen molar-refractivity contribution >= 4 is 46.1 Å². The lowest BCUT2D eigenvalue weighted by Crippen LogP contribution is -2.39. The number of hydrazone groups is 1. The van der Waals surface area contributed by atoms with E-state index in [9.17, 15) is 18.0 Å². The van der Waals surface area contributed by atoms with Crippen LogP contribution in [0.15, 0.2) is 72.1 Å². The average molecular weight is 524 g/mol. The zero-order valence-corrected chi connectivity index (χ0v) is 21.2. The van der Waals surface area contributed by atoms with Crippen LogP contribution in [0.25, 0.3) is 0 Å². The molecular weight excluding hydrogens is 498 g/mol. The number of hydrogen-bond acceptors (Lipinski definition) is 9. The Hall–Kier alpha value is -3.57. The van der Waals surface area contributed by atoms with Gasteiger partial charge in [-0.1, -0.05) is 43.3 Å². The van der Waals surface area contributed by atoms with Crippen molar-refractivity contribution in [3.05, 3.63) is 89.5 Å². The third-order valence-corrected chi connectivity index (χ3v) is 7.65. The van der Waals surface area contributed by atoms with Gasteiger partial charge in [0.1, 0.15) is 16.1 Å². The third-order valence-electron chi connectivity index (χ3n) is 5.51. The number of aromatic nitrogens is 2. The number of hydrogen-bond donors (Lipinski definition) is 2. The highest BCUT2D eigenvalue weighted by molar-refractivity contribution is 8.01. The van der Waals surface area contributed by atoms with Crippen LogP contribution in [0.1, 0.15) is 40.7 Å². The molecular formula is C25H25N5O4S2. The summed E-state index contributed by atoms with van der Waals surface area (Å²) in [5.41, 5.74) is 4.00. The van der Waals surface area contributed by atoms with Crippen LogP contribution in [0, 0.1) is 0 Å². The lowest BCUT2D eigenvalue weighted by molar-refractivity contribution is -0.110. The largest absolute Gasteiger partial charge is 0.319 e. The van der Waals surface area contributed by atoms with Crippen molar-refractivity contribution in [2.24, 2.45) is 5.10 Å². The van der Waals surface area contributed by atoms with Crippen LogP contribution in [-0.2, 0) is 27.8 Å². The van der Waals surface area contributed by atoms with E-state index in [0.29, 0.717) is 12.2 Å². The van der Waals surface area contributed by atoms with Gasteiger partial charge in [-0.15, -0.1) is 11.8 Å². The molecule has 186 valence electrons. The molecule has 1 aliphatic heterocycles. The summed E-state index contributed by atoms with van der Waals surface area (Å²) in [6.07, 6.45) is 4.71. The smallest absolute Gasteiger partial charge is 0.293 e. The van der Waals surface area contributed by atoms with E-state index in [0.717, 1.165) is 35.1 Å². The first kappa shape index (κ1) is 25.5. The number of nitrogens with zero attached hydrogens (tertiary/aromatic N) is 4. The molecule has 11 heteroatoms. The highest BCUT2D eigenvalue weighted by Gasteiger charge is 2.31. The minimum Gasteiger partial charge on any atom is -0.319 e. The van der Waals surface area contributed by atoms with Crippen LogP contribution in [0.5, 0.6) is 0 Å². The number of thiol groups is 1. The molecule has 0 saturated carbocycles. The zero-order chi connectivity index (χ0) is 25.5. The molecule has 0 spiro atoms. The van der Waals surface area contributed by atoms with Gasteiger partial charge >= 0.3 is 0 Å². The normalized spacial score (nSPS) is 17.5. The van der Waals surface area contributed by atoms with Crippen LogP contribution >= 0.6 is 11.8 Å². The fourth-order valence-electron chi connectivity index (χ4n) is 3.74. The second kappa shape index (κ2) is 11.9. The van der Waals surface area contributed by atoms with Gasteiger partial charge in [0.15, 0.2) is 6.29 Å². The van der Waals surface area contributed by atoms with Gasteiger partial charge in [0.2, 0.25) is 5.82 Å². The Balaban J connectivity index is 1.51. The molecule has 36 heavy (non-hydrogen) atoms. The van der Waals surface area contributed by atoms with Gasteiger partial charge in [-0.2, -0.15) is 5.10 Å². The number of amides is 1. The molecule has 9 nitrogen and oxygen atoms in total. The maximum atomic E-state index is 12.3. The van der Waals surface area contributed by atoms with Gasteiger partial charge in [0.25, 0.3) is 5.91 Å². The Bertz CT molecular complexity index is 1300.